The summed E-state index contributed by atoms with van der Waals surface area (Å²) in [4.78, 5) is 22.3. The van der Waals surface area contributed by atoms with Gasteiger partial charge in [-0.1, -0.05) is 25.5 Å². The first kappa shape index (κ1) is 19.6. The second-order valence-corrected chi connectivity index (χ2v) is 3.88. The van der Waals surface area contributed by atoms with Crippen molar-refractivity contribution in [2.45, 2.75) is 32.6 Å². The number of aliphatic carboxylic acids is 2. The summed E-state index contributed by atoms with van der Waals surface area (Å²) in [5.74, 6) is -2.26. The summed E-state index contributed by atoms with van der Waals surface area (Å²) in [7, 11) is 0. The predicted octanol–water partition coefficient (Wildman–Crippen LogP) is -2.74. The van der Waals surface area contributed by atoms with Gasteiger partial charge in [0.15, 0.2) is 0 Å². The van der Waals surface area contributed by atoms with Crippen LogP contribution < -0.4 is 24.0 Å². The average molecular weight is 249 g/mol. The third kappa shape index (κ3) is 13.3. The summed E-state index contributed by atoms with van der Waals surface area (Å²) in [5.41, 5.74) is 0. The van der Waals surface area contributed by atoms with E-state index in [1.165, 1.54) is 4.90 Å². The van der Waals surface area contributed by atoms with Gasteiger partial charge in [-0.25, -0.2) is 0 Å². The first-order chi connectivity index (χ1) is 8.06. The number of unbranched alkanes of at least 4 members (excludes halogenated alkanes) is 2. The normalized spacial score (nSPS) is 10.6. The van der Waals surface area contributed by atoms with Crippen molar-refractivity contribution in [3.8, 4) is 0 Å². The van der Waals surface area contributed by atoms with Crippen LogP contribution in [-0.2, 0) is 9.59 Å². The van der Waals surface area contributed by atoms with Crippen molar-refractivity contribution in [1.82, 2.24) is 4.90 Å². The Morgan fingerprint density at radius 2 is 1.83 bits per heavy atom. The molecule has 0 aliphatic carbocycles. The van der Waals surface area contributed by atoms with Gasteiger partial charge >= 0.3 is 24.8 Å². The van der Waals surface area contributed by atoms with E-state index in [1.807, 2.05) is 6.08 Å². The van der Waals surface area contributed by atoms with Gasteiger partial charge in [0.05, 0.1) is 12.5 Å². The minimum Gasteiger partial charge on any atom is -0.549 e. The van der Waals surface area contributed by atoms with Crippen molar-refractivity contribution in [1.29, 1.82) is 0 Å². The molecule has 0 saturated heterocycles. The maximum Gasteiger partial charge on any atom is 1.00 e. The smallest absolute Gasteiger partial charge is 0.549 e. The molecule has 0 radical (unpaired) electrons. The summed E-state index contributed by atoms with van der Waals surface area (Å²) in [6.07, 6.45) is 7.86. The van der Waals surface area contributed by atoms with Crippen molar-refractivity contribution in [2.75, 3.05) is 19.6 Å². The first-order valence-corrected chi connectivity index (χ1v) is 5.85. The second kappa shape index (κ2) is 12.7. The molecule has 0 aromatic heterocycles. The zero-order valence-corrected chi connectivity index (χ0v) is 11.2. The Hall–Kier alpha value is -0.763. The predicted molar refractivity (Wildman–Crippen MR) is 62.4 cm³/mol. The minimum absolute atomic E-state index is 0. The summed E-state index contributed by atoms with van der Waals surface area (Å²) >= 11 is 0. The van der Waals surface area contributed by atoms with Crippen LogP contribution in [0.25, 0.3) is 0 Å². The van der Waals surface area contributed by atoms with Crippen molar-refractivity contribution >= 4 is 11.9 Å². The van der Waals surface area contributed by atoms with Crippen molar-refractivity contribution in [2.24, 2.45) is 0 Å². The van der Waals surface area contributed by atoms with E-state index in [0.717, 1.165) is 25.7 Å². The summed E-state index contributed by atoms with van der Waals surface area (Å²) in [6, 6.07) is 0. The molecular weight excluding hydrogens is 229 g/mol. The number of carbonyl (C=O) groups is 2. The third-order valence-electron chi connectivity index (χ3n) is 2.18. The Morgan fingerprint density at radius 1 is 1.22 bits per heavy atom. The largest absolute Gasteiger partial charge is 1.00 e. The second-order valence-electron chi connectivity index (χ2n) is 3.88. The number of carboxylic acids is 2. The van der Waals surface area contributed by atoms with Gasteiger partial charge in [0, 0.05) is 6.54 Å². The molecular formula is C12H20LiNO4. The number of hydrogen-bond acceptors (Lipinski definition) is 4. The molecule has 0 aliphatic rings. The summed E-state index contributed by atoms with van der Waals surface area (Å²) in [5, 5.41) is 19.0. The Morgan fingerprint density at radius 3 is 2.33 bits per heavy atom. The molecule has 0 amide bonds. The average Bonchev–Trinajstić information content (AvgIpc) is 2.21. The van der Waals surface area contributed by atoms with Gasteiger partial charge < -0.3 is 15.0 Å². The number of rotatable bonds is 10. The van der Waals surface area contributed by atoms with Crippen molar-refractivity contribution < 1.29 is 38.7 Å². The van der Waals surface area contributed by atoms with E-state index in [4.69, 9.17) is 5.11 Å². The van der Waals surface area contributed by atoms with E-state index < -0.39 is 11.9 Å². The van der Waals surface area contributed by atoms with E-state index in [2.05, 4.69) is 13.0 Å². The molecule has 0 atom stereocenters. The molecule has 0 unspecified atom stereocenters. The van der Waals surface area contributed by atoms with Crippen LogP contribution in [0, 0.1) is 0 Å². The van der Waals surface area contributed by atoms with Crippen LogP contribution in [0.4, 0.5) is 0 Å². The molecule has 0 fully saturated rings. The molecule has 0 spiro atoms. The van der Waals surface area contributed by atoms with Crippen LogP contribution >= 0.6 is 0 Å². The Balaban J connectivity index is 0. The monoisotopic (exact) mass is 249 g/mol. The van der Waals surface area contributed by atoms with Gasteiger partial charge in [0.25, 0.3) is 0 Å². The van der Waals surface area contributed by atoms with Crippen LogP contribution in [0.3, 0.4) is 0 Å². The number of hydrogen-bond donors (Lipinski definition) is 1. The number of allylic oxidation sites excluding steroid dienone is 2. The number of carboxylic acid groups (broad SMARTS) is 2. The van der Waals surface area contributed by atoms with Gasteiger partial charge in [0.1, 0.15) is 0 Å². The zero-order chi connectivity index (χ0) is 13.1. The van der Waals surface area contributed by atoms with Gasteiger partial charge in [0.2, 0.25) is 0 Å². The number of carbonyl (C=O) groups excluding carboxylic acids is 1. The summed E-state index contributed by atoms with van der Waals surface area (Å²) in [6.45, 7) is 1.97. The molecule has 0 heterocycles. The fourth-order valence-electron chi connectivity index (χ4n) is 1.42. The van der Waals surface area contributed by atoms with E-state index in [-0.39, 0.29) is 32.0 Å². The van der Waals surface area contributed by atoms with Crippen molar-refractivity contribution in [3.05, 3.63) is 12.2 Å². The van der Waals surface area contributed by atoms with Gasteiger partial charge in [-0.2, -0.15) is 0 Å². The third-order valence-corrected chi connectivity index (χ3v) is 2.18. The molecule has 6 heteroatoms. The van der Waals surface area contributed by atoms with E-state index in [1.54, 1.807) is 0 Å². The van der Waals surface area contributed by atoms with E-state index >= 15 is 0 Å². The SMILES string of the molecule is CCC/C=C/CCCN(CC(=O)[O-])CC(=O)O.[Li+]. The Labute approximate surface area is 120 Å². The minimum atomic E-state index is -1.24. The zero-order valence-electron chi connectivity index (χ0n) is 11.2. The van der Waals surface area contributed by atoms with Crippen LogP contribution in [0.1, 0.15) is 32.6 Å². The topological polar surface area (TPSA) is 80.7 Å². The molecule has 0 bridgehead atoms. The Bertz CT molecular complexity index is 253. The number of nitrogens with zero attached hydrogens (tertiary/aromatic N) is 1. The molecule has 5 nitrogen and oxygen atoms in total. The van der Waals surface area contributed by atoms with Gasteiger partial charge in [-0.15, -0.1) is 0 Å². The molecule has 18 heavy (non-hydrogen) atoms. The van der Waals surface area contributed by atoms with Gasteiger partial charge in [-0.05, 0) is 25.8 Å². The summed E-state index contributed by atoms with van der Waals surface area (Å²) < 4.78 is 0. The maximum atomic E-state index is 10.5. The van der Waals surface area contributed by atoms with Crippen LogP contribution in [0.5, 0.6) is 0 Å². The fraction of sp³-hybridized carbons (Fsp3) is 0.667. The first-order valence-electron chi connectivity index (χ1n) is 5.85. The standard InChI is InChI=1S/C12H21NO4.Li/c1-2-3-4-5-6-7-8-13(9-11(14)15)10-12(16)17;/h4-5H,2-3,6-10H2,1H3,(H,14,15)(H,16,17);/q;+1/p-1/b5-4+;. The quantitative estimate of drug-likeness (QED) is 0.258. The molecule has 0 saturated carbocycles. The molecule has 0 rings (SSSR count). The van der Waals surface area contributed by atoms with Crippen LogP contribution in [-0.4, -0.2) is 41.6 Å². The fourth-order valence-corrected chi connectivity index (χ4v) is 1.42. The maximum absolute atomic E-state index is 10.5. The van der Waals surface area contributed by atoms with Crippen molar-refractivity contribution in [3.63, 3.8) is 0 Å². The molecule has 0 aliphatic heterocycles. The molecule has 0 aromatic rings. The molecule has 1 N–H and O–H groups in total. The van der Waals surface area contributed by atoms with Crippen LogP contribution in [0.15, 0.2) is 12.2 Å². The van der Waals surface area contributed by atoms with E-state index in [9.17, 15) is 14.7 Å². The van der Waals surface area contributed by atoms with Crippen LogP contribution in [0.2, 0.25) is 0 Å². The molecule has 98 valence electrons. The van der Waals surface area contributed by atoms with E-state index in [0.29, 0.717) is 6.54 Å². The van der Waals surface area contributed by atoms with Gasteiger partial charge in [-0.3, -0.25) is 9.69 Å². The molecule has 0 aromatic carbocycles. The Kier molecular flexibility index (Phi) is 13.8.